The van der Waals surface area contributed by atoms with Gasteiger partial charge < -0.3 is 14.8 Å². The number of nitriles is 1. The Bertz CT molecular complexity index is 1080. The van der Waals surface area contributed by atoms with Gasteiger partial charge in [-0.15, -0.1) is 0 Å². The van der Waals surface area contributed by atoms with E-state index in [0.717, 1.165) is 11.1 Å². The maximum Gasteiger partial charge on any atom is 0.266 e. The first-order chi connectivity index (χ1) is 14.6. The summed E-state index contributed by atoms with van der Waals surface area (Å²) < 4.78 is 10.8. The summed E-state index contributed by atoms with van der Waals surface area (Å²) in [7, 11) is 1.58. The normalized spacial score (nSPS) is 10.8. The van der Waals surface area contributed by atoms with Crippen molar-refractivity contribution in [3.63, 3.8) is 0 Å². The molecule has 1 amide bonds. The molecular weight excluding hydrogens is 400 g/mol. The lowest BCUT2D eigenvalue weighted by Gasteiger charge is -2.09. The highest BCUT2D eigenvalue weighted by atomic mass is 35.5. The molecule has 3 rings (SSSR count). The first-order valence-electron chi connectivity index (χ1n) is 9.12. The van der Waals surface area contributed by atoms with Crippen molar-refractivity contribution in [2.75, 3.05) is 12.4 Å². The Hall–Kier alpha value is -3.75. The maximum absolute atomic E-state index is 12.4. The molecule has 0 aromatic heterocycles. The number of benzene rings is 3. The third-order valence-electron chi connectivity index (χ3n) is 4.26. The van der Waals surface area contributed by atoms with Crippen molar-refractivity contribution in [1.29, 1.82) is 5.26 Å². The molecule has 0 spiro atoms. The number of carbonyl (C=O) groups is 1. The summed E-state index contributed by atoms with van der Waals surface area (Å²) in [5.74, 6) is 0.854. The third-order valence-corrected chi connectivity index (χ3v) is 4.62. The van der Waals surface area contributed by atoms with E-state index >= 15 is 0 Å². The summed E-state index contributed by atoms with van der Waals surface area (Å²) in [6.07, 6.45) is 1.52. The summed E-state index contributed by atoms with van der Waals surface area (Å²) in [6.45, 7) is 0.342. The van der Waals surface area contributed by atoms with Gasteiger partial charge in [-0.3, -0.25) is 4.79 Å². The molecule has 0 aliphatic rings. The average Bonchev–Trinajstić information content (AvgIpc) is 2.78. The van der Waals surface area contributed by atoms with E-state index in [1.54, 1.807) is 55.6 Å². The van der Waals surface area contributed by atoms with Gasteiger partial charge in [-0.05, 0) is 54.1 Å². The number of halogens is 1. The van der Waals surface area contributed by atoms with Crippen molar-refractivity contribution in [1.82, 2.24) is 0 Å². The zero-order valence-corrected chi connectivity index (χ0v) is 17.0. The highest BCUT2D eigenvalue weighted by Gasteiger charge is 2.10. The van der Waals surface area contributed by atoms with E-state index < -0.39 is 5.91 Å². The number of anilines is 1. The van der Waals surface area contributed by atoms with Crippen molar-refractivity contribution in [3.05, 3.63) is 94.5 Å². The van der Waals surface area contributed by atoms with Gasteiger partial charge in [0, 0.05) is 16.3 Å². The fraction of sp³-hybridized carbons (Fsp3) is 0.0833. The molecule has 3 aromatic carbocycles. The molecule has 0 atom stereocenters. The number of nitrogens with one attached hydrogen (secondary N) is 1. The lowest BCUT2D eigenvalue weighted by Crippen LogP contribution is -2.13. The van der Waals surface area contributed by atoms with Crippen molar-refractivity contribution < 1.29 is 14.3 Å². The number of nitrogens with zero attached hydrogens (tertiary/aromatic N) is 1. The van der Waals surface area contributed by atoms with E-state index in [2.05, 4.69) is 5.32 Å². The molecule has 0 heterocycles. The van der Waals surface area contributed by atoms with E-state index in [1.807, 2.05) is 30.3 Å². The Kier molecular flexibility index (Phi) is 7.09. The van der Waals surface area contributed by atoms with E-state index in [9.17, 15) is 10.1 Å². The van der Waals surface area contributed by atoms with Crippen LogP contribution in [0.5, 0.6) is 11.5 Å². The second-order valence-electron chi connectivity index (χ2n) is 6.30. The molecule has 5 nitrogen and oxygen atoms in total. The van der Waals surface area contributed by atoms with E-state index in [0.29, 0.717) is 28.8 Å². The Morgan fingerprint density at radius 1 is 1.03 bits per heavy atom. The van der Waals surface area contributed by atoms with Crippen LogP contribution in [0.4, 0.5) is 5.69 Å². The number of hydrogen-bond donors (Lipinski definition) is 1. The number of ether oxygens (including phenoxy) is 2. The smallest absolute Gasteiger partial charge is 0.266 e. The molecule has 30 heavy (non-hydrogen) atoms. The lowest BCUT2D eigenvalue weighted by atomic mass is 10.1. The van der Waals surface area contributed by atoms with E-state index in [4.69, 9.17) is 21.1 Å². The van der Waals surface area contributed by atoms with Crippen LogP contribution in [0.2, 0.25) is 5.02 Å². The molecule has 6 heteroatoms. The van der Waals surface area contributed by atoms with Crippen LogP contribution in [-0.2, 0) is 11.4 Å². The average molecular weight is 419 g/mol. The molecular formula is C24H19ClN2O3. The molecule has 0 radical (unpaired) electrons. The van der Waals surface area contributed by atoms with Crippen LogP contribution in [0.15, 0.2) is 78.4 Å². The maximum atomic E-state index is 12.4. The fourth-order valence-corrected chi connectivity index (χ4v) is 2.82. The van der Waals surface area contributed by atoms with Gasteiger partial charge in [0.2, 0.25) is 0 Å². The van der Waals surface area contributed by atoms with Gasteiger partial charge in [0.25, 0.3) is 5.91 Å². The topological polar surface area (TPSA) is 71.3 Å². The monoisotopic (exact) mass is 418 g/mol. The Morgan fingerprint density at radius 2 is 1.70 bits per heavy atom. The number of carbonyl (C=O) groups excluding carboxylic acids is 1. The SMILES string of the molecule is COc1ccc(/C=C(\C#N)C(=O)Nc2ccc(OCc3ccccc3Cl)cc2)cc1. The first-order valence-corrected chi connectivity index (χ1v) is 9.50. The Morgan fingerprint density at radius 3 is 2.33 bits per heavy atom. The van der Waals surface area contributed by atoms with Crippen LogP contribution in [0.25, 0.3) is 6.08 Å². The zero-order valence-electron chi connectivity index (χ0n) is 16.3. The standard InChI is InChI=1S/C24H19ClN2O3/c1-29-21-10-6-17(7-11-21)14-19(15-26)24(28)27-20-8-12-22(13-9-20)30-16-18-4-2-3-5-23(18)25/h2-14H,16H2,1H3,(H,27,28)/b19-14+. The number of amides is 1. The second kappa shape index (κ2) is 10.1. The predicted octanol–water partition coefficient (Wildman–Crippen LogP) is 5.47. The molecule has 0 saturated carbocycles. The highest BCUT2D eigenvalue weighted by Crippen LogP contribution is 2.21. The largest absolute Gasteiger partial charge is 0.497 e. The van der Waals surface area contributed by atoms with Gasteiger partial charge in [0.15, 0.2) is 0 Å². The van der Waals surface area contributed by atoms with Gasteiger partial charge in [0.1, 0.15) is 29.7 Å². The van der Waals surface area contributed by atoms with Crippen molar-refractivity contribution in [2.24, 2.45) is 0 Å². The van der Waals surface area contributed by atoms with Crippen LogP contribution in [-0.4, -0.2) is 13.0 Å². The molecule has 3 aromatic rings. The first kappa shape index (κ1) is 21.0. The van der Waals surface area contributed by atoms with Crippen LogP contribution >= 0.6 is 11.6 Å². The van der Waals surface area contributed by atoms with E-state index in [-0.39, 0.29) is 5.57 Å². The van der Waals surface area contributed by atoms with Crippen LogP contribution in [0.1, 0.15) is 11.1 Å². The molecule has 0 fully saturated rings. The minimum atomic E-state index is -0.488. The van der Waals surface area contributed by atoms with Crippen LogP contribution in [0, 0.1) is 11.3 Å². The van der Waals surface area contributed by atoms with Gasteiger partial charge in [0.05, 0.1) is 7.11 Å². The van der Waals surface area contributed by atoms with Crippen LogP contribution in [0.3, 0.4) is 0 Å². The summed E-state index contributed by atoms with van der Waals surface area (Å²) in [5, 5.41) is 12.7. The minimum Gasteiger partial charge on any atom is -0.497 e. The molecule has 150 valence electrons. The zero-order chi connectivity index (χ0) is 21.3. The third kappa shape index (κ3) is 5.63. The molecule has 0 aliphatic carbocycles. The van der Waals surface area contributed by atoms with Gasteiger partial charge in [-0.1, -0.05) is 41.9 Å². The van der Waals surface area contributed by atoms with Gasteiger partial charge in [-0.2, -0.15) is 5.26 Å². The number of hydrogen-bond acceptors (Lipinski definition) is 4. The molecule has 1 N–H and O–H groups in total. The lowest BCUT2D eigenvalue weighted by molar-refractivity contribution is -0.112. The summed E-state index contributed by atoms with van der Waals surface area (Å²) in [5.41, 5.74) is 2.17. The van der Waals surface area contributed by atoms with Crippen LogP contribution < -0.4 is 14.8 Å². The Labute approximate surface area is 180 Å². The second-order valence-corrected chi connectivity index (χ2v) is 6.71. The van der Waals surface area contributed by atoms with E-state index in [1.165, 1.54) is 6.08 Å². The summed E-state index contributed by atoms with van der Waals surface area (Å²) in [4.78, 5) is 12.4. The molecule has 0 unspecified atom stereocenters. The summed E-state index contributed by atoms with van der Waals surface area (Å²) >= 11 is 6.12. The quantitative estimate of drug-likeness (QED) is 0.407. The number of rotatable bonds is 7. The fourth-order valence-electron chi connectivity index (χ4n) is 2.62. The molecule has 0 bridgehead atoms. The predicted molar refractivity (Wildman–Crippen MR) is 117 cm³/mol. The van der Waals surface area contributed by atoms with Crippen molar-refractivity contribution in [3.8, 4) is 17.6 Å². The highest BCUT2D eigenvalue weighted by molar-refractivity contribution is 6.31. The minimum absolute atomic E-state index is 0.000729. The summed E-state index contributed by atoms with van der Waals surface area (Å²) in [6, 6.07) is 23.4. The Balaban J connectivity index is 1.62. The molecule has 0 aliphatic heterocycles. The van der Waals surface area contributed by atoms with Crippen molar-refractivity contribution in [2.45, 2.75) is 6.61 Å². The van der Waals surface area contributed by atoms with Gasteiger partial charge in [-0.25, -0.2) is 0 Å². The van der Waals surface area contributed by atoms with Gasteiger partial charge >= 0.3 is 0 Å². The molecule has 0 saturated heterocycles. The number of methoxy groups -OCH3 is 1. The van der Waals surface area contributed by atoms with Crippen molar-refractivity contribution >= 4 is 29.3 Å².